The maximum Gasteiger partial charge on any atom is 0.126 e. The molecule has 0 aliphatic rings. The van der Waals surface area contributed by atoms with E-state index in [1.807, 2.05) is 26.3 Å². The monoisotopic (exact) mass is 355 g/mol. The predicted molar refractivity (Wildman–Crippen MR) is 108 cm³/mol. The minimum absolute atomic E-state index is 0.147. The normalized spacial score (nSPS) is 19.1. The Morgan fingerprint density at radius 3 is 1.12 bits per heavy atom. The van der Waals surface area contributed by atoms with Gasteiger partial charge in [0.25, 0.3) is 0 Å². The third-order valence-electron chi connectivity index (χ3n) is 4.23. The van der Waals surface area contributed by atoms with Crippen LogP contribution < -0.4 is 5.64 Å². The fourth-order valence-electron chi connectivity index (χ4n) is 1.43. The molecule has 148 valence electrons. The van der Waals surface area contributed by atoms with Gasteiger partial charge in [-0.1, -0.05) is 33.3 Å². The number of hydrogen-bond donors (Lipinski definition) is 1. The van der Waals surface area contributed by atoms with Crippen LogP contribution in [0.3, 0.4) is 0 Å². The highest BCUT2D eigenvalue weighted by Gasteiger charge is 2.33. The van der Waals surface area contributed by atoms with E-state index in [0.717, 1.165) is 0 Å². The van der Waals surface area contributed by atoms with Crippen molar-refractivity contribution in [1.82, 2.24) is 5.64 Å². The van der Waals surface area contributed by atoms with Crippen molar-refractivity contribution in [3.63, 3.8) is 0 Å². The third kappa shape index (κ3) is 9.47. The lowest BCUT2D eigenvalue weighted by Crippen LogP contribution is -2.47. The first-order valence-electron chi connectivity index (χ1n) is 9.24. The van der Waals surface area contributed by atoms with Gasteiger partial charge >= 0.3 is 0 Å². The summed E-state index contributed by atoms with van der Waals surface area (Å²) >= 11 is 0. The lowest BCUT2D eigenvalue weighted by molar-refractivity contribution is -0.257. The lowest BCUT2D eigenvalue weighted by Gasteiger charge is -2.34. The SMILES string of the molecule is CC(C)C(C)(C=NC(C)(C)C)ONOC(C)(C=NC(C)(C)C)C(C)C. The molecule has 0 spiro atoms. The van der Waals surface area contributed by atoms with E-state index in [2.05, 4.69) is 84.9 Å². The maximum absolute atomic E-state index is 5.88. The summed E-state index contributed by atoms with van der Waals surface area (Å²) in [4.78, 5) is 21.0. The Bertz CT molecular complexity index is 417. The fourth-order valence-corrected chi connectivity index (χ4v) is 1.43. The zero-order valence-electron chi connectivity index (χ0n) is 18.5. The third-order valence-corrected chi connectivity index (χ3v) is 4.23. The van der Waals surface area contributed by atoms with Crippen molar-refractivity contribution in [2.45, 2.75) is 105 Å². The summed E-state index contributed by atoms with van der Waals surface area (Å²) in [5.74, 6) is 0.450. The molecule has 0 bridgehead atoms. The Balaban J connectivity index is 5.11. The van der Waals surface area contributed by atoms with Crippen molar-refractivity contribution < 1.29 is 9.68 Å². The molecule has 0 aliphatic carbocycles. The highest BCUT2D eigenvalue weighted by Crippen LogP contribution is 2.23. The molecule has 0 aromatic carbocycles. The van der Waals surface area contributed by atoms with Gasteiger partial charge in [-0.05, 0) is 67.2 Å². The van der Waals surface area contributed by atoms with Gasteiger partial charge in [-0.15, -0.1) is 0 Å². The van der Waals surface area contributed by atoms with Crippen LogP contribution in [0.4, 0.5) is 0 Å². The number of hydrogen-bond acceptors (Lipinski definition) is 5. The summed E-state index contributed by atoms with van der Waals surface area (Å²) < 4.78 is 0. The van der Waals surface area contributed by atoms with Crippen LogP contribution in [0.2, 0.25) is 0 Å². The second-order valence-electron chi connectivity index (χ2n) is 9.82. The molecule has 0 rings (SSSR count). The molecule has 0 radical (unpaired) electrons. The van der Waals surface area contributed by atoms with Gasteiger partial charge < -0.3 is 0 Å². The van der Waals surface area contributed by atoms with E-state index in [9.17, 15) is 0 Å². The van der Waals surface area contributed by atoms with Crippen molar-refractivity contribution in [2.75, 3.05) is 0 Å². The standard InChI is InChI=1S/C20H41N3O2/c1-15(2)19(11,13-21-17(5,6)7)24-23-25-20(12,16(3)4)14-22-18(8,9)10/h13-16,23H,1-12H3. The van der Waals surface area contributed by atoms with Crippen LogP contribution >= 0.6 is 0 Å². The minimum Gasteiger partial charge on any atom is -0.289 e. The molecule has 0 amide bonds. The van der Waals surface area contributed by atoms with Crippen LogP contribution in [-0.2, 0) is 9.68 Å². The second kappa shape index (κ2) is 8.74. The van der Waals surface area contributed by atoms with Gasteiger partial charge in [0.05, 0.1) is 11.1 Å². The van der Waals surface area contributed by atoms with Gasteiger partial charge in [-0.2, -0.15) is 0 Å². The summed E-state index contributed by atoms with van der Waals surface area (Å²) in [6.07, 6.45) is 3.73. The van der Waals surface area contributed by atoms with Crippen molar-refractivity contribution >= 4 is 12.4 Å². The van der Waals surface area contributed by atoms with Gasteiger partial charge in [-0.3, -0.25) is 19.7 Å². The van der Waals surface area contributed by atoms with E-state index >= 15 is 0 Å². The van der Waals surface area contributed by atoms with Crippen LogP contribution in [0.1, 0.15) is 83.1 Å². The zero-order chi connectivity index (χ0) is 20.1. The quantitative estimate of drug-likeness (QED) is 0.492. The maximum atomic E-state index is 5.88. The van der Waals surface area contributed by atoms with Crippen molar-refractivity contribution in [3.8, 4) is 0 Å². The molecular formula is C20H41N3O2. The van der Waals surface area contributed by atoms with E-state index in [1.165, 1.54) is 0 Å². The minimum atomic E-state index is -0.577. The Morgan fingerprint density at radius 2 is 0.920 bits per heavy atom. The number of nitrogens with one attached hydrogen (secondary N) is 1. The van der Waals surface area contributed by atoms with Crippen LogP contribution in [0, 0.1) is 11.8 Å². The van der Waals surface area contributed by atoms with Crippen molar-refractivity contribution in [3.05, 3.63) is 0 Å². The Kier molecular flexibility index (Phi) is 8.47. The van der Waals surface area contributed by atoms with Gasteiger partial charge in [0.2, 0.25) is 0 Å². The molecule has 0 heterocycles. The van der Waals surface area contributed by atoms with Gasteiger partial charge in [0.15, 0.2) is 0 Å². The van der Waals surface area contributed by atoms with Crippen LogP contribution in [0.15, 0.2) is 9.98 Å². The molecule has 0 saturated heterocycles. The van der Waals surface area contributed by atoms with Gasteiger partial charge in [-0.25, -0.2) is 0 Å². The first-order valence-corrected chi connectivity index (χ1v) is 9.24. The summed E-state index contributed by atoms with van der Waals surface area (Å²) in [6, 6.07) is 0. The predicted octanol–water partition coefficient (Wildman–Crippen LogP) is 5.01. The van der Waals surface area contributed by atoms with E-state index in [0.29, 0.717) is 0 Å². The number of aliphatic imine (C=N–C) groups is 2. The molecule has 2 atom stereocenters. The van der Waals surface area contributed by atoms with E-state index in [-0.39, 0.29) is 22.9 Å². The van der Waals surface area contributed by atoms with Crippen molar-refractivity contribution in [2.24, 2.45) is 21.8 Å². The van der Waals surface area contributed by atoms with Crippen molar-refractivity contribution in [1.29, 1.82) is 0 Å². The Hall–Kier alpha value is -0.780. The Morgan fingerprint density at radius 1 is 0.640 bits per heavy atom. The van der Waals surface area contributed by atoms with Crippen LogP contribution in [-0.4, -0.2) is 34.7 Å². The summed E-state index contributed by atoms with van der Waals surface area (Å²) in [6.45, 7) is 24.8. The molecule has 0 fully saturated rings. The highest BCUT2D eigenvalue weighted by molar-refractivity contribution is 5.69. The largest absolute Gasteiger partial charge is 0.289 e. The van der Waals surface area contributed by atoms with Crippen LogP contribution in [0.25, 0.3) is 0 Å². The number of rotatable bonds is 8. The summed E-state index contributed by atoms with van der Waals surface area (Å²) in [7, 11) is 0. The van der Waals surface area contributed by atoms with E-state index < -0.39 is 11.2 Å². The molecule has 0 saturated carbocycles. The molecule has 0 aromatic rings. The molecule has 25 heavy (non-hydrogen) atoms. The second-order valence-corrected chi connectivity index (χ2v) is 9.82. The fraction of sp³-hybridized carbons (Fsp3) is 0.900. The van der Waals surface area contributed by atoms with E-state index in [1.54, 1.807) is 0 Å². The van der Waals surface area contributed by atoms with Gasteiger partial charge in [0.1, 0.15) is 11.2 Å². The number of nitrogens with zero attached hydrogens (tertiary/aromatic N) is 2. The topological polar surface area (TPSA) is 55.2 Å². The van der Waals surface area contributed by atoms with Crippen LogP contribution in [0.5, 0.6) is 0 Å². The Labute approximate surface area is 155 Å². The summed E-state index contributed by atoms with van der Waals surface area (Å²) in [5.41, 5.74) is 1.27. The average molecular weight is 356 g/mol. The first kappa shape index (κ1) is 24.2. The molecule has 1 N–H and O–H groups in total. The zero-order valence-corrected chi connectivity index (χ0v) is 18.5. The molecule has 0 aromatic heterocycles. The molecule has 0 aliphatic heterocycles. The molecule has 5 nitrogen and oxygen atoms in total. The molecule has 5 heteroatoms. The smallest absolute Gasteiger partial charge is 0.126 e. The summed E-state index contributed by atoms with van der Waals surface area (Å²) in [5, 5.41) is 0. The lowest BCUT2D eigenvalue weighted by atomic mass is 9.93. The average Bonchev–Trinajstić information content (AvgIpc) is 2.41. The van der Waals surface area contributed by atoms with Gasteiger partial charge in [0, 0.05) is 12.4 Å². The first-order chi connectivity index (χ1) is 11.0. The molecule has 2 unspecified atom stereocenters. The molecular weight excluding hydrogens is 314 g/mol. The highest BCUT2D eigenvalue weighted by atomic mass is 16.9. The van der Waals surface area contributed by atoms with E-state index in [4.69, 9.17) is 9.68 Å².